The van der Waals surface area contributed by atoms with Crippen LogP contribution in [0, 0.1) is 0 Å². The van der Waals surface area contributed by atoms with Crippen LogP contribution >= 0.6 is 11.6 Å². The number of halogens is 1. The van der Waals surface area contributed by atoms with Gasteiger partial charge in [0.1, 0.15) is 0 Å². The molecule has 6 nitrogen and oxygen atoms in total. The topological polar surface area (TPSA) is 68.2 Å². The number of nitrogens with zero attached hydrogens (tertiary/aromatic N) is 1. The molecule has 0 fully saturated rings. The number of hydrogen-bond donors (Lipinski definition) is 1. The molecular formula is C27H26ClNO5. The maximum atomic E-state index is 13.2. The van der Waals surface area contributed by atoms with Crippen LogP contribution in [0.5, 0.6) is 11.5 Å². The number of methoxy groups -OCH3 is 2. The molecule has 3 aromatic carbocycles. The zero-order valence-corrected chi connectivity index (χ0v) is 20.2. The lowest BCUT2D eigenvalue weighted by atomic mass is 9.88. The van der Waals surface area contributed by atoms with Crippen LogP contribution in [-0.2, 0) is 21.7 Å². The van der Waals surface area contributed by atoms with Gasteiger partial charge in [-0.25, -0.2) is 4.79 Å². The van der Waals surface area contributed by atoms with Gasteiger partial charge in [0, 0.05) is 42.4 Å². The van der Waals surface area contributed by atoms with E-state index in [0.717, 1.165) is 11.3 Å². The maximum Gasteiger partial charge on any atom is 0.342 e. The van der Waals surface area contributed by atoms with Gasteiger partial charge in [0.05, 0.1) is 19.8 Å². The molecule has 3 aromatic rings. The zero-order valence-electron chi connectivity index (χ0n) is 19.5. The fraction of sp³-hybridized carbons (Fsp3) is 0.222. The summed E-state index contributed by atoms with van der Waals surface area (Å²) in [7, 11) is 7.01. The van der Waals surface area contributed by atoms with Crippen molar-refractivity contribution in [3.8, 4) is 11.5 Å². The molecule has 1 atom stereocenters. The first-order valence-electron chi connectivity index (χ1n) is 10.7. The number of carbonyl (C=O) groups excluding carboxylic acids is 1. The monoisotopic (exact) mass is 479 g/mol. The Morgan fingerprint density at radius 3 is 2.18 bits per heavy atom. The van der Waals surface area contributed by atoms with E-state index in [1.165, 1.54) is 7.11 Å². The molecule has 0 aliphatic carbocycles. The van der Waals surface area contributed by atoms with Crippen LogP contribution in [-0.4, -0.2) is 39.4 Å². The normalized spacial score (nSPS) is 17.5. The first-order chi connectivity index (χ1) is 16.3. The third-order valence-electron chi connectivity index (χ3n) is 5.90. The minimum absolute atomic E-state index is 0.287. The van der Waals surface area contributed by atoms with Crippen molar-refractivity contribution >= 4 is 28.8 Å². The van der Waals surface area contributed by atoms with Gasteiger partial charge < -0.3 is 24.2 Å². The number of benzene rings is 3. The summed E-state index contributed by atoms with van der Waals surface area (Å²) in [6.07, 6.45) is 0.294. The molecule has 0 spiro atoms. The minimum Gasteiger partial charge on any atom is -0.493 e. The van der Waals surface area contributed by atoms with Gasteiger partial charge in [0.25, 0.3) is 5.79 Å². The molecule has 1 aliphatic rings. The molecule has 34 heavy (non-hydrogen) atoms. The van der Waals surface area contributed by atoms with Crippen LogP contribution < -0.4 is 14.4 Å². The fourth-order valence-electron chi connectivity index (χ4n) is 4.06. The Bertz CT molecular complexity index is 1230. The molecule has 7 heteroatoms. The van der Waals surface area contributed by atoms with Crippen molar-refractivity contribution in [3.63, 3.8) is 0 Å². The molecule has 1 N–H and O–H groups in total. The maximum absolute atomic E-state index is 13.2. The number of carbonyl (C=O) groups is 1. The number of esters is 1. The lowest BCUT2D eigenvalue weighted by Gasteiger charge is -2.26. The number of rotatable bonds is 7. The van der Waals surface area contributed by atoms with Crippen molar-refractivity contribution < 1.29 is 24.1 Å². The highest BCUT2D eigenvalue weighted by atomic mass is 35.5. The molecular weight excluding hydrogens is 454 g/mol. The average molecular weight is 480 g/mol. The van der Waals surface area contributed by atoms with E-state index in [1.807, 2.05) is 43.3 Å². The summed E-state index contributed by atoms with van der Waals surface area (Å²) in [5.74, 6) is -1.56. The largest absolute Gasteiger partial charge is 0.493 e. The lowest BCUT2D eigenvalue weighted by molar-refractivity contribution is -0.185. The summed E-state index contributed by atoms with van der Waals surface area (Å²) < 4.78 is 16.4. The fourth-order valence-corrected chi connectivity index (χ4v) is 4.18. The average Bonchev–Trinajstić information content (AvgIpc) is 3.09. The first-order valence-corrected chi connectivity index (χ1v) is 11.1. The number of cyclic esters (lactones) is 1. The summed E-state index contributed by atoms with van der Waals surface area (Å²) in [6, 6.07) is 19.7. The lowest BCUT2D eigenvalue weighted by Crippen LogP contribution is -2.29. The van der Waals surface area contributed by atoms with Crippen molar-refractivity contribution in [1.29, 1.82) is 0 Å². The van der Waals surface area contributed by atoms with Crippen molar-refractivity contribution in [2.45, 2.75) is 12.2 Å². The van der Waals surface area contributed by atoms with E-state index in [0.29, 0.717) is 39.6 Å². The Labute approximate surface area is 203 Å². The molecule has 1 aliphatic heterocycles. The second kappa shape index (κ2) is 9.41. The Balaban J connectivity index is 1.88. The van der Waals surface area contributed by atoms with Crippen molar-refractivity contribution in [1.82, 2.24) is 0 Å². The summed E-state index contributed by atoms with van der Waals surface area (Å²) in [6.45, 7) is 0. The predicted molar refractivity (Wildman–Crippen MR) is 132 cm³/mol. The highest BCUT2D eigenvalue weighted by molar-refractivity contribution is 6.30. The van der Waals surface area contributed by atoms with Gasteiger partial charge >= 0.3 is 5.97 Å². The van der Waals surface area contributed by atoms with Gasteiger partial charge in [0.15, 0.2) is 11.5 Å². The van der Waals surface area contributed by atoms with Gasteiger partial charge in [0.2, 0.25) is 0 Å². The predicted octanol–water partition coefficient (Wildman–Crippen LogP) is 4.82. The van der Waals surface area contributed by atoms with Gasteiger partial charge in [-0.15, -0.1) is 0 Å². The van der Waals surface area contributed by atoms with E-state index >= 15 is 0 Å². The van der Waals surface area contributed by atoms with Gasteiger partial charge in [-0.05, 0) is 47.5 Å². The second-order valence-electron chi connectivity index (χ2n) is 8.20. The highest BCUT2D eigenvalue weighted by Gasteiger charge is 2.48. The van der Waals surface area contributed by atoms with Crippen LogP contribution in [0.15, 0.2) is 72.3 Å². The summed E-state index contributed by atoms with van der Waals surface area (Å²) in [5, 5.41) is 12.3. The quantitative estimate of drug-likeness (QED) is 0.490. The molecule has 0 radical (unpaired) electrons. The van der Waals surface area contributed by atoms with E-state index in [4.69, 9.17) is 25.8 Å². The summed E-state index contributed by atoms with van der Waals surface area (Å²) in [5.41, 5.74) is 3.67. The molecule has 4 rings (SSSR count). The molecule has 0 amide bonds. The zero-order chi connectivity index (χ0) is 24.5. The Kier molecular flexibility index (Phi) is 6.55. The number of ether oxygens (including phenoxy) is 3. The van der Waals surface area contributed by atoms with Gasteiger partial charge in [-0.2, -0.15) is 0 Å². The number of anilines is 1. The molecule has 176 valence electrons. The third kappa shape index (κ3) is 4.34. The molecule has 0 bridgehead atoms. The Hall–Kier alpha value is -3.48. The van der Waals surface area contributed by atoms with E-state index in [2.05, 4.69) is 0 Å². The van der Waals surface area contributed by atoms with Gasteiger partial charge in [-0.3, -0.25) is 0 Å². The first kappa shape index (κ1) is 23.7. The molecule has 0 aromatic heterocycles. The second-order valence-corrected chi connectivity index (χ2v) is 8.64. The third-order valence-corrected chi connectivity index (χ3v) is 6.15. The minimum atomic E-state index is -1.94. The van der Waals surface area contributed by atoms with Crippen LogP contribution in [0.1, 0.15) is 16.7 Å². The standard InChI is InChI=1S/C27H26ClNO5/c1-29(2)21-12-5-17(6-13-21)15-22-25(18-7-14-23(32-3)24(16-18)33-4)26(30)34-27(22,31)19-8-10-20(28)11-9-19/h5-14,16,31H,15H2,1-4H3. The molecule has 0 saturated carbocycles. The number of hydrogen-bond acceptors (Lipinski definition) is 6. The highest BCUT2D eigenvalue weighted by Crippen LogP contribution is 2.46. The Morgan fingerprint density at radius 2 is 1.59 bits per heavy atom. The molecule has 1 unspecified atom stereocenters. The molecule has 0 saturated heterocycles. The SMILES string of the molecule is COc1ccc(C2=C(Cc3ccc(N(C)C)cc3)C(O)(c3ccc(Cl)cc3)OC2=O)cc1OC. The van der Waals surface area contributed by atoms with Crippen LogP contribution in [0.2, 0.25) is 5.02 Å². The number of aliphatic hydroxyl groups is 1. The van der Waals surface area contributed by atoms with Crippen molar-refractivity contribution in [3.05, 3.63) is 94.0 Å². The van der Waals surface area contributed by atoms with E-state index in [1.54, 1.807) is 49.6 Å². The summed E-state index contributed by atoms with van der Waals surface area (Å²) >= 11 is 6.05. The van der Waals surface area contributed by atoms with Crippen molar-refractivity contribution in [2.75, 3.05) is 33.2 Å². The van der Waals surface area contributed by atoms with Crippen LogP contribution in [0.25, 0.3) is 5.57 Å². The summed E-state index contributed by atoms with van der Waals surface area (Å²) in [4.78, 5) is 15.2. The molecule has 1 heterocycles. The van der Waals surface area contributed by atoms with E-state index in [9.17, 15) is 9.90 Å². The smallest absolute Gasteiger partial charge is 0.342 e. The van der Waals surface area contributed by atoms with Crippen LogP contribution in [0.3, 0.4) is 0 Å². The van der Waals surface area contributed by atoms with E-state index in [-0.39, 0.29) is 5.57 Å². The van der Waals surface area contributed by atoms with Crippen molar-refractivity contribution in [2.24, 2.45) is 0 Å². The van der Waals surface area contributed by atoms with Crippen LogP contribution in [0.4, 0.5) is 5.69 Å². The van der Waals surface area contributed by atoms with E-state index < -0.39 is 11.8 Å². The Morgan fingerprint density at radius 1 is 0.941 bits per heavy atom. The van der Waals surface area contributed by atoms with Gasteiger partial charge in [-0.1, -0.05) is 41.9 Å².